The third-order valence-electron chi connectivity index (χ3n) is 4.32. The van der Waals surface area contributed by atoms with Crippen molar-refractivity contribution in [2.24, 2.45) is 0 Å². The zero-order chi connectivity index (χ0) is 20.1. The van der Waals surface area contributed by atoms with E-state index in [4.69, 9.17) is 5.73 Å². The molecule has 2 aromatic carbocycles. The smallest absolute Gasteiger partial charge is 0.275 e. The molecule has 28 heavy (non-hydrogen) atoms. The number of carbonyl (C=O) groups is 2. The monoisotopic (exact) mass is 378 g/mol. The molecule has 0 atom stereocenters. The first-order valence-electron chi connectivity index (χ1n) is 8.83. The van der Waals surface area contributed by atoms with E-state index in [1.807, 2.05) is 62.4 Å². The highest BCUT2D eigenvalue weighted by atomic mass is 16.2. The van der Waals surface area contributed by atoms with Crippen LogP contribution in [-0.4, -0.2) is 26.8 Å². The lowest BCUT2D eigenvalue weighted by atomic mass is 10.1. The van der Waals surface area contributed by atoms with E-state index in [1.54, 1.807) is 0 Å². The number of rotatable bonds is 6. The van der Waals surface area contributed by atoms with E-state index in [1.165, 1.54) is 4.68 Å². The van der Waals surface area contributed by atoms with E-state index in [9.17, 15) is 9.59 Å². The van der Waals surface area contributed by atoms with Crippen LogP contribution < -0.4 is 16.4 Å². The maximum absolute atomic E-state index is 12.4. The van der Waals surface area contributed by atoms with Gasteiger partial charge in [-0.2, -0.15) is 0 Å². The molecule has 144 valence electrons. The summed E-state index contributed by atoms with van der Waals surface area (Å²) in [5.74, 6) is -0.699. The Morgan fingerprint density at radius 1 is 1.04 bits per heavy atom. The SMILES string of the molecule is Cc1cccc(C)c1NC(=O)Cn1nnc(C(=O)NCc2ccccc2)c1N. The number of hydrogen-bond donors (Lipinski definition) is 3. The highest BCUT2D eigenvalue weighted by Gasteiger charge is 2.19. The maximum Gasteiger partial charge on any atom is 0.275 e. The zero-order valence-corrected chi connectivity index (χ0v) is 15.8. The summed E-state index contributed by atoms with van der Waals surface area (Å²) in [6.07, 6.45) is 0. The molecule has 0 saturated heterocycles. The van der Waals surface area contributed by atoms with Crippen LogP contribution in [0.4, 0.5) is 11.5 Å². The highest BCUT2D eigenvalue weighted by Crippen LogP contribution is 2.19. The quantitative estimate of drug-likeness (QED) is 0.607. The number of carbonyl (C=O) groups excluding carboxylic acids is 2. The number of anilines is 2. The largest absolute Gasteiger partial charge is 0.382 e. The Morgan fingerprint density at radius 3 is 2.39 bits per heavy atom. The number of nitrogen functional groups attached to an aromatic ring is 1. The molecule has 3 aromatic rings. The van der Waals surface area contributed by atoms with Crippen molar-refractivity contribution in [3.8, 4) is 0 Å². The van der Waals surface area contributed by atoms with Crippen molar-refractivity contribution in [3.05, 3.63) is 70.9 Å². The van der Waals surface area contributed by atoms with Crippen LogP contribution in [0.5, 0.6) is 0 Å². The minimum Gasteiger partial charge on any atom is -0.382 e. The number of benzene rings is 2. The minimum atomic E-state index is -0.442. The van der Waals surface area contributed by atoms with Crippen molar-refractivity contribution in [3.63, 3.8) is 0 Å². The van der Waals surface area contributed by atoms with E-state index in [2.05, 4.69) is 20.9 Å². The predicted octanol–water partition coefficient (Wildman–Crippen LogP) is 2.05. The second kappa shape index (κ2) is 8.34. The second-order valence-electron chi connectivity index (χ2n) is 6.46. The Balaban J connectivity index is 1.64. The fourth-order valence-electron chi connectivity index (χ4n) is 2.79. The molecular formula is C20H22N6O2. The van der Waals surface area contributed by atoms with Gasteiger partial charge in [-0.1, -0.05) is 53.7 Å². The highest BCUT2D eigenvalue weighted by molar-refractivity contribution is 5.97. The first-order chi connectivity index (χ1) is 13.5. The van der Waals surface area contributed by atoms with Crippen molar-refractivity contribution in [2.45, 2.75) is 26.9 Å². The van der Waals surface area contributed by atoms with E-state index < -0.39 is 5.91 Å². The summed E-state index contributed by atoms with van der Waals surface area (Å²) in [7, 11) is 0. The van der Waals surface area contributed by atoms with Crippen LogP contribution in [0, 0.1) is 13.8 Å². The first kappa shape index (κ1) is 19.1. The van der Waals surface area contributed by atoms with E-state index in [0.717, 1.165) is 22.4 Å². The third-order valence-corrected chi connectivity index (χ3v) is 4.32. The Hall–Kier alpha value is -3.68. The Labute approximate surface area is 162 Å². The minimum absolute atomic E-state index is 0.00389. The number of hydrogen-bond acceptors (Lipinski definition) is 5. The van der Waals surface area contributed by atoms with Gasteiger partial charge in [-0.25, -0.2) is 4.68 Å². The van der Waals surface area contributed by atoms with Gasteiger partial charge in [0.1, 0.15) is 6.54 Å². The van der Waals surface area contributed by atoms with Gasteiger partial charge in [-0.15, -0.1) is 5.10 Å². The van der Waals surface area contributed by atoms with Gasteiger partial charge in [-0.05, 0) is 30.5 Å². The molecule has 0 bridgehead atoms. The summed E-state index contributed by atoms with van der Waals surface area (Å²) in [6, 6.07) is 15.2. The number of nitrogens with two attached hydrogens (primary N) is 1. The van der Waals surface area contributed by atoms with Gasteiger partial charge in [0.15, 0.2) is 11.5 Å². The summed E-state index contributed by atoms with van der Waals surface area (Å²) in [5, 5.41) is 13.3. The van der Waals surface area contributed by atoms with E-state index in [-0.39, 0.29) is 24.0 Å². The molecule has 3 rings (SSSR count). The van der Waals surface area contributed by atoms with Crippen LogP contribution >= 0.6 is 0 Å². The molecule has 0 spiro atoms. The molecule has 0 aliphatic heterocycles. The molecule has 0 aliphatic rings. The second-order valence-corrected chi connectivity index (χ2v) is 6.46. The summed E-state index contributed by atoms with van der Waals surface area (Å²) in [5.41, 5.74) is 9.60. The molecule has 0 radical (unpaired) electrons. The summed E-state index contributed by atoms with van der Waals surface area (Å²) < 4.78 is 1.21. The van der Waals surface area contributed by atoms with Crippen molar-refractivity contribution in [2.75, 3.05) is 11.1 Å². The van der Waals surface area contributed by atoms with Gasteiger partial charge in [-0.3, -0.25) is 9.59 Å². The van der Waals surface area contributed by atoms with Gasteiger partial charge in [0.25, 0.3) is 5.91 Å². The van der Waals surface area contributed by atoms with Crippen LogP contribution in [0.1, 0.15) is 27.2 Å². The standard InChI is InChI=1S/C20H22N6O2/c1-13-7-6-8-14(2)17(13)23-16(27)12-26-19(21)18(24-25-26)20(28)22-11-15-9-4-3-5-10-15/h3-10H,11-12,21H2,1-2H3,(H,22,28)(H,23,27). The average Bonchev–Trinajstić information content (AvgIpc) is 3.04. The normalized spacial score (nSPS) is 10.5. The molecule has 0 fully saturated rings. The summed E-state index contributed by atoms with van der Waals surface area (Å²) >= 11 is 0. The molecule has 1 aromatic heterocycles. The molecule has 8 heteroatoms. The van der Waals surface area contributed by atoms with Crippen LogP contribution in [0.3, 0.4) is 0 Å². The Morgan fingerprint density at radius 2 is 1.71 bits per heavy atom. The fraction of sp³-hybridized carbons (Fsp3) is 0.200. The third kappa shape index (κ3) is 4.35. The molecule has 8 nitrogen and oxygen atoms in total. The molecule has 0 aliphatic carbocycles. The molecule has 0 saturated carbocycles. The van der Waals surface area contributed by atoms with Gasteiger partial charge in [0.2, 0.25) is 5.91 Å². The Kier molecular flexibility index (Phi) is 5.69. The number of nitrogens with zero attached hydrogens (tertiary/aromatic N) is 3. The summed E-state index contributed by atoms with van der Waals surface area (Å²) in [6.45, 7) is 4.04. The van der Waals surface area contributed by atoms with Gasteiger partial charge in [0.05, 0.1) is 0 Å². The Bertz CT molecular complexity index is 977. The number of nitrogens with one attached hydrogen (secondary N) is 2. The first-order valence-corrected chi connectivity index (χ1v) is 8.83. The van der Waals surface area contributed by atoms with Crippen molar-refractivity contribution < 1.29 is 9.59 Å². The molecular weight excluding hydrogens is 356 g/mol. The lowest BCUT2D eigenvalue weighted by Crippen LogP contribution is -2.25. The fourth-order valence-corrected chi connectivity index (χ4v) is 2.79. The topological polar surface area (TPSA) is 115 Å². The van der Waals surface area contributed by atoms with Gasteiger partial charge >= 0.3 is 0 Å². The van der Waals surface area contributed by atoms with Crippen molar-refractivity contribution in [1.29, 1.82) is 0 Å². The van der Waals surface area contributed by atoms with Crippen molar-refractivity contribution in [1.82, 2.24) is 20.3 Å². The molecule has 1 heterocycles. The van der Waals surface area contributed by atoms with Crippen molar-refractivity contribution >= 4 is 23.3 Å². The van der Waals surface area contributed by atoms with Gasteiger partial charge < -0.3 is 16.4 Å². The average molecular weight is 378 g/mol. The van der Waals surface area contributed by atoms with E-state index in [0.29, 0.717) is 6.54 Å². The van der Waals surface area contributed by atoms with Crippen LogP contribution in [0.15, 0.2) is 48.5 Å². The van der Waals surface area contributed by atoms with Gasteiger partial charge in [0, 0.05) is 12.2 Å². The predicted molar refractivity (Wildman–Crippen MR) is 107 cm³/mol. The maximum atomic E-state index is 12.4. The number of aryl methyl sites for hydroxylation is 2. The lowest BCUT2D eigenvalue weighted by Gasteiger charge is -2.11. The number of para-hydroxylation sites is 1. The lowest BCUT2D eigenvalue weighted by molar-refractivity contribution is -0.116. The van der Waals surface area contributed by atoms with Crippen LogP contribution in [0.2, 0.25) is 0 Å². The molecule has 2 amide bonds. The number of aromatic nitrogens is 3. The zero-order valence-electron chi connectivity index (χ0n) is 15.8. The van der Waals surface area contributed by atoms with E-state index >= 15 is 0 Å². The summed E-state index contributed by atoms with van der Waals surface area (Å²) in [4.78, 5) is 24.7. The number of amides is 2. The molecule has 4 N–H and O–H groups in total. The van der Waals surface area contributed by atoms with Crippen LogP contribution in [0.25, 0.3) is 0 Å². The van der Waals surface area contributed by atoms with Crippen LogP contribution in [-0.2, 0) is 17.9 Å². The molecule has 0 unspecified atom stereocenters.